The van der Waals surface area contributed by atoms with Crippen LogP contribution in [-0.4, -0.2) is 41.8 Å². The largest absolute Gasteiger partial charge is 0.344 e. The van der Waals surface area contributed by atoms with Gasteiger partial charge in [-0.15, -0.1) is 0 Å². The molecule has 0 aliphatic heterocycles. The lowest BCUT2D eigenvalue weighted by Gasteiger charge is -2.16. The molecule has 0 fully saturated rings. The Morgan fingerprint density at radius 2 is 2.28 bits per heavy atom. The minimum absolute atomic E-state index is 0.0103. The van der Waals surface area contributed by atoms with Crippen molar-refractivity contribution in [1.82, 2.24) is 15.2 Å². The SMILES string of the molecule is C=CC(=O)NCC(=O)N(C)CCc1ccccn1. The fourth-order valence-electron chi connectivity index (χ4n) is 1.32. The molecule has 5 nitrogen and oxygen atoms in total. The molecule has 0 aliphatic carbocycles. The van der Waals surface area contributed by atoms with Gasteiger partial charge in [0.2, 0.25) is 11.8 Å². The van der Waals surface area contributed by atoms with Gasteiger partial charge in [-0.1, -0.05) is 12.6 Å². The monoisotopic (exact) mass is 247 g/mol. The second-order valence-electron chi connectivity index (χ2n) is 3.81. The van der Waals surface area contributed by atoms with Gasteiger partial charge in [-0.3, -0.25) is 14.6 Å². The Balaban J connectivity index is 2.32. The molecule has 2 amide bonds. The molecule has 0 saturated heterocycles. The predicted octanol–water partition coefficient (Wildman–Crippen LogP) is 0.385. The molecule has 1 rings (SSSR count). The maximum absolute atomic E-state index is 11.6. The Hall–Kier alpha value is -2.17. The summed E-state index contributed by atoms with van der Waals surface area (Å²) in [5.41, 5.74) is 0.937. The van der Waals surface area contributed by atoms with Gasteiger partial charge in [-0.2, -0.15) is 0 Å². The average molecular weight is 247 g/mol. The van der Waals surface area contributed by atoms with Gasteiger partial charge in [-0.05, 0) is 18.2 Å². The Morgan fingerprint density at radius 1 is 1.50 bits per heavy atom. The van der Waals surface area contributed by atoms with E-state index < -0.39 is 0 Å². The molecule has 0 atom stereocenters. The molecule has 18 heavy (non-hydrogen) atoms. The van der Waals surface area contributed by atoms with Crippen LogP contribution in [0.4, 0.5) is 0 Å². The van der Waals surface area contributed by atoms with Gasteiger partial charge in [0.1, 0.15) is 0 Å². The van der Waals surface area contributed by atoms with Gasteiger partial charge in [0, 0.05) is 31.9 Å². The third-order valence-electron chi connectivity index (χ3n) is 2.45. The summed E-state index contributed by atoms with van der Waals surface area (Å²) >= 11 is 0. The molecule has 0 aromatic carbocycles. The summed E-state index contributed by atoms with van der Waals surface area (Å²) in [7, 11) is 1.70. The lowest BCUT2D eigenvalue weighted by atomic mass is 10.2. The van der Waals surface area contributed by atoms with E-state index in [0.29, 0.717) is 13.0 Å². The predicted molar refractivity (Wildman–Crippen MR) is 68.8 cm³/mol. The molecule has 1 N–H and O–H groups in total. The zero-order valence-electron chi connectivity index (χ0n) is 10.4. The highest BCUT2D eigenvalue weighted by molar-refractivity contribution is 5.90. The molecular weight excluding hydrogens is 230 g/mol. The third kappa shape index (κ3) is 4.78. The van der Waals surface area contributed by atoms with Crippen LogP contribution in [0.5, 0.6) is 0 Å². The zero-order valence-corrected chi connectivity index (χ0v) is 10.4. The third-order valence-corrected chi connectivity index (χ3v) is 2.45. The number of hydrogen-bond acceptors (Lipinski definition) is 3. The number of rotatable bonds is 6. The van der Waals surface area contributed by atoms with Gasteiger partial charge in [0.15, 0.2) is 0 Å². The molecule has 96 valence electrons. The summed E-state index contributed by atoms with van der Waals surface area (Å²) < 4.78 is 0. The van der Waals surface area contributed by atoms with Crippen molar-refractivity contribution in [2.75, 3.05) is 20.1 Å². The molecule has 0 spiro atoms. The van der Waals surface area contributed by atoms with Crippen molar-refractivity contribution in [3.63, 3.8) is 0 Å². The number of nitrogens with one attached hydrogen (secondary N) is 1. The standard InChI is InChI=1S/C13H17N3O2/c1-3-12(17)15-10-13(18)16(2)9-7-11-6-4-5-8-14-11/h3-6,8H,1,7,9-10H2,2H3,(H,15,17). The first-order valence-electron chi connectivity index (χ1n) is 5.67. The van der Waals surface area contributed by atoms with Crippen molar-refractivity contribution in [1.29, 1.82) is 0 Å². The summed E-state index contributed by atoms with van der Waals surface area (Å²) in [6, 6.07) is 5.68. The van der Waals surface area contributed by atoms with Crippen molar-refractivity contribution < 1.29 is 9.59 Å². The summed E-state index contributed by atoms with van der Waals surface area (Å²) in [5, 5.41) is 2.45. The van der Waals surface area contributed by atoms with Gasteiger partial charge < -0.3 is 10.2 Å². The van der Waals surface area contributed by atoms with E-state index in [-0.39, 0.29) is 18.4 Å². The van der Waals surface area contributed by atoms with Crippen LogP contribution in [0.1, 0.15) is 5.69 Å². The van der Waals surface area contributed by atoms with E-state index in [1.807, 2.05) is 18.2 Å². The highest BCUT2D eigenvalue weighted by Crippen LogP contribution is 1.96. The summed E-state index contributed by atoms with van der Waals surface area (Å²) in [6.07, 6.45) is 3.56. The number of likely N-dealkylation sites (N-methyl/N-ethyl adjacent to an activating group) is 1. The summed E-state index contributed by atoms with van der Waals surface area (Å²) in [6.45, 7) is 3.87. The second-order valence-corrected chi connectivity index (χ2v) is 3.81. The Kier molecular flexibility index (Phi) is 5.57. The van der Waals surface area contributed by atoms with E-state index in [1.54, 1.807) is 18.1 Å². The first kappa shape index (κ1) is 13.9. The van der Waals surface area contributed by atoms with E-state index in [0.717, 1.165) is 11.8 Å². The lowest BCUT2D eigenvalue weighted by molar-refractivity contribution is -0.130. The maximum atomic E-state index is 11.6. The molecule has 0 radical (unpaired) electrons. The van der Waals surface area contributed by atoms with E-state index in [1.165, 1.54) is 0 Å². The van der Waals surface area contributed by atoms with Crippen LogP contribution in [0.3, 0.4) is 0 Å². The smallest absolute Gasteiger partial charge is 0.243 e. The van der Waals surface area contributed by atoms with Gasteiger partial charge in [-0.25, -0.2) is 0 Å². The molecule has 1 aromatic heterocycles. The number of carbonyl (C=O) groups is 2. The average Bonchev–Trinajstić information content (AvgIpc) is 2.42. The van der Waals surface area contributed by atoms with Gasteiger partial charge in [0.25, 0.3) is 0 Å². The number of carbonyl (C=O) groups excluding carboxylic acids is 2. The van der Waals surface area contributed by atoms with Crippen LogP contribution >= 0.6 is 0 Å². The molecule has 0 unspecified atom stereocenters. The quantitative estimate of drug-likeness (QED) is 0.739. The summed E-state index contributed by atoms with van der Waals surface area (Å²) in [5.74, 6) is -0.484. The van der Waals surface area contributed by atoms with E-state index in [4.69, 9.17) is 0 Å². The second kappa shape index (κ2) is 7.21. The first-order chi connectivity index (χ1) is 8.63. The number of hydrogen-bond donors (Lipinski definition) is 1. The highest BCUT2D eigenvalue weighted by atomic mass is 16.2. The minimum Gasteiger partial charge on any atom is -0.344 e. The lowest BCUT2D eigenvalue weighted by Crippen LogP contribution is -2.38. The number of amides is 2. The van der Waals surface area contributed by atoms with Gasteiger partial charge in [0.05, 0.1) is 6.54 Å². The maximum Gasteiger partial charge on any atom is 0.243 e. The van der Waals surface area contributed by atoms with Gasteiger partial charge >= 0.3 is 0 Å². The van der Waals surface area contributed by atoms with Crippen molar-refractivity contribution in [2.45, 2.75) is 6.42 Å². The summed E-state index contributed by atoms with van der Waals surface area (Å²) in [4.78, 5) is 28.3. The molecule has 0 bridgehead atoms. The van der Waals surface area contributed by atoms with E-state index in [2.05, 4.69) is 16.9 Å². The minimum atomic E-state index is -0.346. The molecule has 5 heteroatoms. The molecule has 1 heterocycles. The van der Waals surface area contributed by atoms with Crippen molar-refractivity contribution in [3.05, 3.63) is 42.7 Å². The van der Waals surface area contributed by atoms with E-state index in [9.17, 15) is 9.59 Å². The Labute approximate surface area is 107 Å². The molecule has 0 saturated carbocycles. The number of pyridine rings is 1. The highest BCUT2D eigenvalue weighted by Gasteiger charge is 2.09. The topological polar surface area (TPSA) is 62.3 Å². The van der Waals surface area contributed by atoms with Crippen molar-refractivity contribution in [2.24, 2.45) is 0 Å². The fourth-order valence-corrected chi connectivity index (χ4v) is 1.32. The molecule has 0 aliphatic rings. The van der Waals surface area contributed by atoms with Crippen LogP contribution in [0.2, 0.25) is 0 Å². The first-order valence-corrected chi connectivity index (χ1v) is 5.67. The van der Waals surface area contributed by atoms with Crippen LogP contribution in [-0.2, 0) is 16.0 Å². The number of aromatic nitrogens is 1. The van der Waals surface area contributed by atoms with Crippen molar-refractivity contribution in [3.8, 4) is 0 Å². The van der Waals surface area contributed by atoms with Crippen LogP contribution in [0, 0.1) is 0 Å². The molecule has 1 aromatic rings. The Bertz CT molecular complexity index is 418. The van der Waals surface area contributed by atoms with Crippen LogP contribution in [0.15, 0.2) is 37.1 Å². The zero-order chi connectivity index (χ0) is 13.4. The fraction of sp³-hybridized carbons (Fsp3) is 0.308. The van der Waals surface area contributed by atoms with E-state index >= 15 is 0 Å². The Morgan fingerprint density at radius 3 is 2.89 bits per heavy atom. The van der Waals surface area contributed by atoms with Crippen LogP contribution < -0.4 is 5.32 Å². The normalized spacial score (nSPS) is 9.61. The van der Waals surface area contributed by atoms with Crippen molar-refractivity contribution >= 4 is 11.8 Å². The molecular formula is C13H17N3O2. The number of nitrogens with zero attached hydrogens (tertiary/aromatic N) is 2. The van der Waals surface area contributed by atoms with Crippen LogP contribution in [0.25, 0.3) is 0 Å².